The van der Waals surface area contributed by atoms with Gasteiger partial charge in [0, 0.05) is 22.9 Å². The Morgan fingerprint density at radius 1 is 1.31 bits per heavy atom. The second kappa shape index (κ2) is 3.49. The van der Waals surface area contributed by atoms with E-state index in [1.807, 2.05) is 0 Å². The highest BCUT2D eigenvalue weighted by Gasteiger charge is 2.56. The van der Waals surface area contributed by atoms with Crippen molar-refractivity contribution in [2.45, 2.75) is 24.6 Å². The molecular weight excluding hydrogens is 283 g/mol. The Labute approximate surface area is 99.2 Å². The smallest absolute Gasteiger partial charge is 0.305 e. The Bertz CT molecular complexity index is 469. The van der Waals surface area contributed by atoms with Crippen LogP contribution >= 0.6 is 15.9 Å². The molecule has 0 aliphatic heterocycles. The molecule has 0 N–H and O–H groups in total. The molecule has 1 aliphatic carbocycles. The number of nitrogens with zero attached hydrogens (tertiary/aromatic N) is 1. The van der Waals surface area contributed by atoms with E-state index in [1.165, 1.54) is 6.07 Å². The van der Waals surface area contributed by atoms with Crippen LogP contribution in [0.15, 0.2) is 22.7 Å². The average Bonchev–Trinajstić information content (AvgIpc) is 2.97. The van der Waals surface area contributed by atoms with Crippen molar-refractivity contribution in [2.24, 2.45) is 0 Å². The minimum absolute atomic E-state index is 0.109. The van der Waals surface area contributed by atoms with Gasteiger partial charge in [-0.1, -0.05) is 15.9 Å². The molecule has 84 valence electrons. The third-order valence-corrected chi connectivity index (χ3v) is 3.22. The average molecular weight is 290 g/mol. The molecule has 1 aliphatic rings. The molecule has 0 amide bonds. The Balaban J connectivity index is 2.59. The van der Waals surface area contributed by atoms with Crippen LogP contribution in [0.1, 0.15) is 24.0 Å². The van der Waals surface area contributed by atoms with Crippen molar-refractivity contribution < 1.29 is 13.2 Å². The molecule has 16 heavy (non-hydrogen) atoms. The normalized spacial score (nSPS) is 17.9. The summed E-state index contributed by atoms with van der Waals surface area (Å²) in [5.41, 5.74) is -1.51. The van der Waals surface area contributed by atoms with Gasteiger partial charge in [0.25, 0.3) is 5.54 Å². The molecule has 0 spiro atoms. The van der Waals surface area contributed by atoms with E-state index in [2.05, 4.69) is 20.8 Å². The maximum absolute atomic E-state index is 12.8. The molecule has 1 aromatic rings. The van der Waals surface area contributed by atoms with Gasteiger partial charge in [-0.3, -0.25) is 0 Å². The molecule has 1 aromatic carbocycles. The maximum atomic E-state index is 12.8. The van der Waals surface area contributed by atoms with E-state index in [4.69, 9.17) is 6.57 Å². The molecule has 5 heteroatoms. The fourth-order valence-electron chi connectivity index (χ4n) is 1.72. The molecule has 1 nitrogen and oxygen atoms in total. The molecular formula is C11H7BrF3N. The van der Waals surface area contributed by atoms with E-state index in [9.17, 15) is 13.2 Å². The fourth-order valence-corrected chi connectivity index (χ4v) is 2.08. The van der Waals surface area contributed by atoms with Crippen LogP contribution in [0, 0.1) is 6.57 Å². The minimum Gasteiger partial charge on any atom is -0.305 e. The zero-order chi connectivity index (χ0) is 12.0. The minimum atomic E-state index is -4.40. The summed E-state index contributed by atoms with van der Waals surface area (Å²) in [6.45, 7) is 7.01. The molecule has 0 heterocycles. The second-order valence-corrected chi connectivity index (χ2v) is 4.75. The summed E-state index contributed by atoms with van der Waals surface area (Å²) in [6, 6.07) is 3.99. The number of halogens is 4. The van der Waals surface area contributed by atoms with Gasteiger partial charge >= 0.3 is 6.18 Å². The lowest BCUT2D eigenvalue weighted by Crippen LogP contribution is -2.14. The highest BCUT2D eigenvalue weighted by molar-refractivity contribution is 9.10. The first-order valence-electron chi connectivity index (χ1n) is 4.65. The molecule has 1 fully saturated rings. The van der Waals surface area contributed by atoms with Crippen molar-refractivity contribution in [3.63, 3.8) is 0 Å². The predicted molar refractivity (Wildman–Crippen MR) is 56.7 cm³/mol. The van der Waals surface area contributed by atoms with E-state index in [0.29, 0.717) is 17.3 Å². The van der Waals surface area contributed by atoms with E-state index in [-0.39, 0.29) is 5.56 Å². The first kappa shape index (κ1) is 11.5. The third kappa shape index (κ3) is 1.82. The van der Waals surface area contributed by atoms with Gasteiger partial charge in [-0.25, -0.2) is 6.57 Å². The van der Waals surface area contributed by atoms with E-state index < -0.39 is 17.3 Å². The van der Waals surface area contributed by atoms with E-state index in [1.54, 1.807) is 6.07 Å². The molecule has 2 rings (SSSR count). The molecule has 0 aromatic heterocycles. The van der Waals surface area contributed by atoms with Crippen molar-refractivity contribution in [2.75, 3.05) is 0 Å². The van der Waals surface area contributed by atoms with Crippen LogP contribution in [0.2, 0.25) is 0 Å². The molecule has 0 radical (unpaired) electrons. The number of rotatable bonds is 1. The highest BCUT2D eigenvalue weighted by atomic mass is 79.9. The number of hydrogen-bond acceptors (Lipinski definition) is 0. The lowest BCUT2D eigenvalue weighted by molar-refractivity contribution is -0.138. The van der Waals surface area contributed by atoms with Gasteiger partial charge in [0.1, 0.15) is 0 Å². The Kier molecular flexibility index (Phi) is 2.50. The maximum Gasteiger partial charge on any atom is 0.417 e. The largest absolute Gasteiger partial charge is 0.417 e. The second-order valence-electron chi connectivity index (χ2n) is 3.83. The Morgan fingerprint density at radius 3 is 2.38 bits per heavy atom. The van der Waals surface area contributed by atoms with Crippen molar-refractivity contribution in [3.05, 3.63) is 45.2 Å². The molecule has 0 atom stereocenters. The van der Waals surface area contributed by atoms with Gasteiger partial charge in [-0.2, -0.15) is 13.2 Å². The summed E-state index contributed by atoms with van der Waals surface area (Å²) in [4.78, 5) is 3.34. The van der Waals surface area contributed by atoms with Crippen LogP contribution in [0.4, 0.5) is 13.2 Å². The first-order valence-corrected chi connectivity index (χ1v) is 5.44. The van der Waals surface area contributed by atoms with Crippen LogP contribution < -0.4 is 0 Å². The third-order valence-electron chi connectivity index (χ3n) is 2.73. The number of hydrogen-bond donors (Lipinski definition) is 0. The zero-order valence-corrected chi connectivity index (χ0v) is 9.69. The van der Waals surface area contributed by atoms with Crippen molar-refractivity contribution in [3.8, 4) is 0 Å². The molecule has 1 saturated carbocycles. The first-order chi connectivity index (χ1) is 7.39. The van der Waals surface area contributed by atoms with Crippen molar-refractivity contribution in [1.29, 1.82) is 0 Å². The van der Waals surface area contributed by atoms with E-state index in [0.717, 1.165) is 6.07 Å². The van der Waals surface area contributed by atoms with Gasteiger partial charge in [0.05, 0.1) is 5.56 Å². The number of benzene rings is 1. The van der Waals surface area contributed by atoms with Gasteiger partial charge in [-0.15, -0.1) is 0 Å². The summed E-state index contributed by atoms with van der Waals surface area (Å²) >= 11 is 3.02. The van der Waals surface area contributed by atoms with Crippen LogP contribution in [-0.4, -0.2) is 0 Å². The van der Waals surface area contributed by atoms with Gasteiger partial charge in [-0.05, 0) is 18.2 Å². The number of alkyl halides is 3. The van der Waals surface area contributed by atoms with Crippen LogP contribution in [0.3, 0.4) is 0 Å². The Morgan fingerprint density at radius 2 is 1.94 bits per heavy atom. The van der Waals surface area contributed by atoms with Crippen LogP contribution in [-0.2, 0) is 11.7 Å². The lowest BCUT2D eigenvalue weighted by Gasteiger charge is -2.13. The van der Waals surface area contributed by atoms with Gasteiger partial charge in [0.15, 0.2) is 0 Å². The lowest BCUT2D eigenvalue weighted by atomic mass is 9.98. The Hall–Kier alpha value is -1.02. The summed E-state index contributed by atoms with van der Waals surface area (Å²) in [6.07, 6.45) is -3.37. The van der Waals surface area contributed by atoms with Crippen molar-refractivity contribution in [1.82, 2.24) is 0 Å². The monoisotopic (exact) mass is 289 g/mol. The summed E-state index contributed by atoms with van der Waals surface area (Å²) in [5.74, 6) is 0. The van der Waals surface area contributed by atoms with Gasteiger partial charge < -0.3 is 4.85 Å². The van der Waals surface area contributed by atoms with Crippen LogP contribution in [0.25, 0.3) is 4.85 Å². The standard InChI is InChI=1S/C11H7BrF3N/c1-16-10(4-5-10)8-3-2-7(12)6-9(8)11(13,14)15/h2-3,6H,4-5H2. The van der Waals surface area contributed by atoms with Crippen molar-refractivity contribution >= 4 is 15.9 Å². The summed E-state index contributed by atoms with van der Waals surface area (Å²) in [5, 5.41) is 0. The zero-order valence-electron chi connectivity index (χ0n) is 8.11. The topological polar surface area (TPSA) is 4.36 Å². The van der Waals surface area contributed by atoms with E-state index >= 15 is 0 Å². The molecule has 0 bridgehead atoms. The molecule has 0 unspecified atom stereocenters. The van der Waals surface area contributed by atoms with Gasteiger partial charge in [0.2, 0.25) is 0 Å². The SMILES string of the molecule is [C-]#[N+]C1(c2ccc(Br)cc2C(F)(F)F)CC1. The molecule has 0 saturated heterocycles. The summed E-state index contributed by atoms with van der Waals surface area (Å²) < 4.78 is 38.8. The van der Waals surface area contributed by atoms with Crippen LogP contribution in [0.5, 0.6) is 0 Å². The fraction of sp³-hybridized carbons (Fsp3) is 0.364. The predicted octanol–water partition coefficient (Wildman–Crippen LogP) is 4.38. The quantitative estimate of drug-likeness (QED) is 0.676. The summed E-state index contributed by atoms with van der Waals surface area (Å²) in [7, 11) is 0. The highest BCUT2D eigenvalue weighted by Crippen LogP contribution is 2.53.